The summed E-state index contributed by atoms with van der Waals surface area (Å²) in [5.41, 5.74) is 0. The van der Waals surface area contributed by atoms with Gasteiger partial charge in [-0.3, -0.25) is 14.1 Å². The van der Waals surface area contributed by atoms with Gasteiger partial charge in [0.1, 0.15) is 6.61 Å². The monoisotopic (exact) mass is 700 g/mol. The maximum absolute atomic E-state index is 12.4. The van der Waals surface area contributed by atoms with Gasteiger partial charge in [-0.25, -0.2) is 4.57 Å². The molecule has 1 unspecified atom stereocenters. The number of hydrogen-bond donors (Lipinski definition) is 3. The molecule has 0 aromatic carbocycles. The standard InChI is InChI=1S/C38H69O9P/c1-3-5-7-9-11-12-13-14-15-16-17-19-23-27-31-37(40)45-33-36(34-46-48(42,43)44)47-38(41)32-28-24-20-22-26-30-35(39)29-25-21-18-10-8-6-4-2/h6,8,18,21,25,29,35-36,39H,3-5,7,9-17,19-20,22-24,26-28,30-34H2,1-2H3,(H2,42,43,44)/b8-6+,21-18+,29-25+/t35?,36-/m1/s1. The van der Waals surface area contributed by atoms with E-state index in [4.69, 9.17) is 19.3 Å². The average Bonchev–Trinajstić information content (AvgIpc) is 3.04. The Morgan fingerprint density at radius 2 is 1.17 bits per heavy atom. The van der Waals surface area contributed by atoms with E-state index in [-0.39, 0.29) is 19.4 Å². The van der Waals surface area contributed by atoms with Gasteiger partial charge in [-0.15, -0.1) is 0 Å². The number of hydrogen-bond acceptors (Lipinski definition) is 7. The highest BCUT2D eigenvalue weighted by Crippen LogP contribution is 2.36. The molecule has 0 fully saturated rings. The van der Waals surface area contributed by atoms with Crippen LogP contribution >= 0.6 is 7.82 Å². The molecule has 3 N–H and O–H groups in total. The van der Waals surface area contributed by atoms with E-state index in [9.17, 15) is 19.3 Å². The lowest BCUT2D eigenvalue weighted by atomic mass is 10.0. The Bertz CT molecular complexity index is 897. The van der Waals surface area contributed by atoms with Crippen molar-refractivity contribution in [3.63, 3.8) is 0 Å². The molecule has 0 saturated heterocycles. The summed E-state index contributed by atoms with van der Waals surface area (Å²) >= 11 is 0. The van der Waals surface area contributed by atoms with E-state index in [0.717, 1.165) is 51.4 Å². The van der Waals surface area contributed by atoms with E-state index in [1.54, 1.807) is 6.08 Å². The van der Waals surface area contributed by atoms with Crippen LogP contribution in [0.25, 0.3) is 0 Å². The van der Waals surface area contributed by atoms with Crippen LogP contribution in [0.4, 0.5) is 0 Å². The third-order valence-corrected chi connectivity index (χ3v) is 8.51. The van der Waals surface area contributed by atoms with Crippen LogP contribution in [0.2, 0.25) is 0 Å². The van der Waals surface area contributed by atoms with Crippen molar-refractivity contribution in [3.05, 3.63) is 36.5 Å². The Kier molecular flexibility index (Phi) is 32.5. The summed E-state index contributed by atoms with van der Waals surface area (Å²) in [6, 6.07) is 0. The fourth-order valence-corrected chi connectivity index (χ4v) is 5.56. The molecule has 2 atom stereocenters. The Hall–Kier alpha value is -1.77. The fourth-order valence-electron chi connectivity index (χ4n) is 5.20. The number of aliphatic hydroxyl groups is 1. The zero-order chi connectivity index (χ0) is 35.6. The second kappa shape index (κ2) is 33.7. The number of esters is 2. The molecule has 0 aliphatic rings. The van der Waals surface area contributed by atoms with Crippen LogP contribution in [0.3, 0.4) is 0 Å². The first-order chi connectivity index (χ1) is 23.2. The number of allylic oxidation sites excluding steroid dienone is 5. The Labute approximate surface area is 292 Å². The van der Waals surface area contributed by atoms with E-state index >= 15 is 0 Å². The summed E-state index contributed by atoms with van der Waals surface area (Å²) in [6.07, 6.45) is 34.6. The zero-order valence-electron chi connectivity index (χ0n) is 30.2. The number of unbranched alkanes of at least 4 members (excludes halogenated alkanes) is 17. The number of carbonyl (C=O) groups is 2. The number of phosphoric ester groups is 1. The van der Waals surface area contributed by atoms with Crippen LogP contribution in [0.15, 0.2) is 36.5 Å². The minimum absolute atomic E-state index is 0.143. The SMILES string of the molecule is CC/C=C/C/C=C/C=C/C(O)CCCCCCCC(=O)O[C@H](COC(=O)CCCCCCCCCCCCCCCC)COP(=O)(O)O. The highest BCUT2D eigenvalue weighted by Gasteiger charge is 2.22. The van der Waals surface area contributed by atoms with Crippen molar-refractivity contribution >= 4 is 19.8 Å². The van der Waals surface area contributed by atoms with Crippen molar-refractivity contribution in [1.82, 2.24) is 0 Å². The molecular formula is C38H69O9P. The maximum atomic E-state index is 12.4. The van der Waals surface area contributed by atoms with Gasteiger partial charge in [-0.1, -0.05) is 159 Å². The van der Waals surface area contributed by atoms with Crippen LogP contribution in [0.5, 0.6) is 0 Å². The third-order valence-electron chi connectivity index (χ3n) is 8.03. The molecule has 0 radical (unpaired) electrons. The summed E-state index contributed by atoms with van der Waals surface area (Å²) in [6.45, 7) is 3.46. The van der Waals surface area contributed by atoms with Crippen LogP contribution in [-0.2, 0) is 28.2 Å². The molecular weight excluding hydrogens is 631 g/mol. The number of phosphoric acid groups is 1. The molecule has 10 heteroatoms. The summed E-state index contributed by atoms with van der Waals surface area (Å²) in [5, 5.41) is 10.1. The van der Waals surface area contributed by atoms with Gasteiger partial charge in [0.25, 0.3) is 0 Å². The first-order valence-electron chi connectivity index (χ1n) is 18.9. The molecule has 280 valence electrons. The molecule has 0 heterocycles. The van der Waals surface area contributed by atoms with Crippen LogP contribution < -0.4 is 0 Å². The molecule has 0 aliphatic heterocycles. The normalized spacial score (nSPS) is 13.5. The van der Waals surface area contributed by atoms with Crippen LogP contribution in [0.1, 0.15) is 168 Å². The molecule has 0 aliphatic carbocycles. The van der Waals surface area contributed by atoms with Gasteiger partial charge in [-0.05, 0) is 32.1 Å². The molecule has 0 spiro atoms. The van der Waals surface area contributed by atoms with Crippen molar-refractivity contribution < 1.29 is 43.0 Å². The smallest absolute Gasteiger partial charge is 0.462 e. The molecule has 0 saturated carbocycles. The van der Waals surface area contributed by atoms with Crippen molar-refractivity contribution in [2.45, 2.75) is 180 Å². The quantitative estimate of drug-likeness (QED) is 0.0197. The number of aliphatic hydroxyl groups excluding tert-OH is 1. The van der Waals surface area contributed by atoms with E-state index in [2.05, 4.69) is 30.5 Å². The molecule has 0 amide bonds. The first kappa shape index (κ1) is 46.2. The largest absolute Gasteiger partial charge is 0.469 e. The highest BCUT2D eigenvalue weighted by molar-refractivity contribution is 7.46. The van der Waals surface area contributed by atoms with E-state index in [1.807, 2.05) is 18.2 Å². The third kappa shape index (κ3) is 35.5. The van der Waals surface area contributed by atoms with Gasteiger partial charge in [0.15, 0.2) is 6.10 Å². The first-order valence-corrected chi connectivity index (χ1v) is 20.4. The predicted octanol–water partition coefficient (Wildman–Crippen LogP) is 9.98. The minimum Gasteiger partial charge on any atom is -0.462 e. The van der Waals surface area contributed by atoms with Crippen molar-refractivity contribution in [2.24, 2.45) is 0 Å². The van der Waals surface area contributed by atoms with Crippen molar-refractivity contribution in [3.8, 4) is 0 Å². The van der Waals surface area contributed by atoms with Gasteiger partial charge < -0.3 is 24.4 Å². The number of ether oxygens (including phenoxy) is 2. The summed E-state index contributed by atoms with van der Waals surface area (Å²) in [5.74, 6) is -0.959. The van der Waals surface area contributed by atoms with Crippen molar-refractivity contribution in [1.29, 1.82) is 0 Å². The zero-order valence-corrected chi connectivity index (χ0v) is 31.1. The number of rotatable bonds is 34. The average molecular weight is 701 g/mol. The molecule has 0 aromatic rings. The molecule has 0 rings (SSSR count). The van der Waals surface area contributed by atoms with Gasteiger partial charge >= 0.3 is 19.8 Å². The van der Waals surface area contributed by atoms with E-state index in [0.29, 0.717) is 19.3 Å². The van der Waals surface area contributed by atoms with Gasteiger partial charge in [0.05, 0.1) is 12.7 Å². The predicted molar refractivity (Wildman–Crippen MR) is 194 cm³/mol. The second-order valence-corrected chi connectivity index (χ2v) is 14.0. The van der Waals surface area contributed by atoms with Gasteiger partial charge in [0.2, 0.25) is 0 Å². The van der Waals surface area contributed by atoms with Crippen LogP contribution in [-0.4, -0.2) is 52.3 Å². The number of carbonyl (C=O) groups excluding carboxylic acids is 2. The summed E-state index contributed by atoms with van der Waals surface area (Å²) in [4.78, 5) is 42.7. The van der Waals surface area contributed by atoms with E-state index < -0.39 is 38.6 Å². The topological polar surface area (TPSA) is 140 Å². The molecule has 48 heavy (non-hydrogen) atoms. The molecule has 0 aromatic heterocycles. The summed E-state index contributed by atoms with van der Waals surface area (Å²) < 4.78 is 26.2. The van der Waals surface area contributed by atoms with E-state index in [1.165, 1.54) is 70.6 Å². The lowest BCUT2D eigenvalue weighted by Crippen LogP contribution is -2.29. The highest BCUT2D eigenvalue weighted by atomic mass is 31.2. The lowest BCUT2D eigenvalue weighted by Gasteiger charge is -2.18. The maximum Gasteiger partial charge on any atom is 0.469 e. The Morgan fingerprint density at radius 1 is 0.646 bits per heavy atom. The second-order valence-electron chi connectivity index (χ2n) is 12.7. The lowest BCUT2D eigenvalue weighted by molar-refractivity contribution is -0.161. The Morgan fingerprint density at radius 3 is 1.71 bits per heavy atom. The van der Waals surface area contributed by atoms with Crippen molar-refractivity contribution in [2.75, 3.05) is 13.2 Å². The minimum atomic E-state index is -4.77. The van der Waals surface area contributed by atoms with Crippen LogP contribution in [0, 0.1) is 0 Å². The van der Waals surface area contributed by atoms with Gasteiger partial charge in [-0.2, -0.15) is 0 Å². The molecule has 0 bridgehead atoms. The fraction of sp³-hybridized carbons (Fsp3) is 0.789. The Balaban J connectivity index is 4.05. The summed E-state index contributed by atoms with van der Waals surface area (Å²) in [7, 11) is -4.77. The molecule has 9 nitrogen and oxygen atoms in total. The van der Waals surface area contributed by atoms with Gasteiger partial charge in [0, 0.05) is 12.8 Å².